The molecule has 2 amide bonds. The monoisotopic (exact) mass is 360 g/mol. The quantitative estimate of drug-likeness (QED) is 0.869. The summed E-state index contributed by atoms with van der Waals surface area (Å²) >= 11 is 0. The summed E-state index contributed by atoms with van der Waals surface area (Å²) in [5.74, 6) is 0.468. The molecule has 2 aliphatic rings. The predicted octanol–water partition coefficient (Wildman–Crippen LogP) is 1.81. The number of rotatable bonds is 5. The molecule has 1 unspecified atom stereocenters. The van der Waals surface area contributed by atoms with Gasteiger partial charge in [0.05, 0.1) is 13.0 Å². The van der Waals surface area contributed by atoms with Gasteiger partial charge in [-0.15, -0.1) is 0 Å². The highest BCUT2D eigenvalue weighted by Crippen LogP contribution is 2.39. The van der Waals surface area contributed by atoms with Crippen LogP contribution in [0.5, 0.6) is 5.75 Å². The van der Waals surface area contributed by atoms with Crippen molar-refractivity contribution >= 4 is 11.8 Å². The Morgan fingerprint density at radius 1 is 1.31 bits per heavy atom. The minimum absolute atomic E-state index is 0.00832. The van der Waals surface area contributed by atoms with Crippen molar-refractivity contribution in [2.75, 3.05) is 39.9 Å². The number of ether oxygens (including phenoxy) is 1. The largest absolute Gasteiger partial charge is 0.508 e. The van der Waals surface area contributed by atoms with E-state index in [1.807, 2.05) is 15.9 Å². The highest BCUT2D eigenvalue weighted by molar-refractivity contribution is 5.79. The maximum atomic E-state index is 12.8. The van der Waals surface area contributed by atoms with Crippen molar-refractivity contribution in [1.82, 2.24) is 9.80 Å². The number of nitrogens with zero attached hydrogens (tertiary/aromatic N) is 2. The number of benzene rings is 1. The molecule has 6 nitrogen and oxygen atoms in total. The van der Waals surface area contributed by atoms with E-state index in [2.05, 4.69) is 0 Å². The third-order valence-corrected chi connectivity index (χ3v) is 5.59. The minimum atomic E-state index is 0.00832. The SMILES string of the molecule is COCCN1CC2(CCCN(C(=O)Cc3cccc(O)c3)C2)CCC1=O. The molecule has 2 heterocycles. The Bertz CT molecular complexity index is 663. The van der Waals surface area contributed by atoms with Gasteiger partial charge < -0.3 is 19.6 Å². The Kier molecular flexibility index (Phi) is 5.81. The number of methoxy groups -OCH3 is 1. The Labute approximate surface area is 154 Å². The summed E-state index contributed by atoms with van der Waals surface area (Å²) < 4.78 is 5.13. The van der Waals surface area contributed by atoms with Crippen molar-refractivity contribution in [2.24, 2.45) is 5.41 Å². The van der Waals surface area contributed by atoms with Crippen LogP contribution in [0.2, 0.25) is 0 Å². The maximum absolute atomic E-state index is 12.8. The van der Waals surface area contributed by atoms with Crippen LogP contribution < -0.4 is 0 Å². The number of piperidine rings is 2. The molecule has 1 N–H and O–H groups in total. The van der Waals surface area contributed by atoms with Crippen LogP contribution in [0, 0.1) is 5.41 Å². The molecule has 6 heteroatoms. The fourth-order valence-electron chi connectivity index (χ4n) is 4.21. The summed E-state index contributed by atoms with van der Waals surface area (Å²) in [6, 6.07) is 6.88. The van der Waals surface area contributed by atoms with Crippen LogP contribution in [0.1, 0.15) is 31.2 Å². The first kappa shape index (κ1) is 18.7. The van der Waals surface area contributed by atoms with Gasteiger partial charge in [0.1, 0.15) is 5.75 Å². The number of hydrogen-bond donors (Lipinski definition) is 1. The topological polar surface area (TPSA) is 70.1 Å². The standard InChI is InChI=1S/C20H28N2O4/c1-26-11-10-22-15-20(8-6-18(22)24)7-3-9-21(14-20)19(25)13-16-4-2-5-17(23)12-16/h2,4-5,12,23H,3,6-11,13-15H2,1H3. The molecule has 2 fully saturated rings. The molecule has 0 radical (unpaired) electrons. The summed E-state index contributed by atoms with van der Waals surface area (Å²) in [6.07, 6.45) is 3.73. The van der Waals surface area contributed by atoms with Gasteiger partial charge in [-0.1, -0.05) is 12.1 Å². The van der Waals surface area contributed by atoms with E-state index < -0.39 is 0 Å². The highest BCUT2D eigenvalue weighted by Gasteiger charge is 2.42. The number of likely N-dealkylation sites (tertiary alicyclic amines) is 2. The van der Waals surface area contributed by atoms with E-state index in [1.165, 1.54) is 0 Å². The van der Waals surface area contributed by atoms with Crippen LogP contribution in [0.4, 0.5) is 0 Å². The first-order valence-corrected chi connectivity index (χ1v) is 9.34. The van der Waals surface area contributed by atoms with Crippen LogP contribution in [0.15, 0.2) is 24.3 Å². The van der Waals surface area contributed by atoms with Crippen molar-refractivity contribution < 1.29 is 19.4 Å². The molecular formula is C20H28N2O4. The van der Waals surface area contributed by atoms with Crippen LogP contribution in [-0.2, 0) is 20.7 Å². The summed E-state index contributed by atoms with van der Waals surface area (Å²) in [7, 11) is 1.65. The van der Waals surface area contributed by atoms with Crippen molar-refractivity contribution in [3.05, 3.63) is 29.8 Å². The molecular weight excluding hydrogens is 332 g/mol. The fourth-order valence-corrected chi connectivity index (χ4v) is 4.21. The number of phenolic OH excluding ortho intramolecular Hbond substituents is 1. The zero-order valence-corrected chi connectivity index (χ0v) is 15.4. The van der Waals surface area contributed by atoms with E-state index in [4.69, 9.17) is 4.74 Å². The highest BCUT2D eigenvalue weighted by atomic mass is 16.5. The lowest BCUT2D eigenvalue weighted by atomic mass is 9.73. The average Bonchev–Trinajstić information content (AvgIpc) is 2.63. The number of phenols is 1. The van der Waals surface area contributed by atoms with E-state index in [1.54, 1.807) is 25.3 Å². The number of amides is 2. The zero-order chi connectivity index (χ0) is 18.6. The van der Waals surface area contributed by atoms with E-state index in [0.717, 1.165) is 31.4 Å². The summed E-state index contributed by atoms with van der Waals surface area (Å²) in [5.41, 5.74) is 0.837. The molecule has 3 rings (SSSR count). The Morgan fingerprint density at radius 2 is 2.15 bits per heavy atom. The zero-order valence-electron chi connectivity index (χ0n) is 15.4. The molecule has 0 aromatic heterocycles. The molecule has 1 aromatic carbocycles. The third kappa shape index (κ3) is 4.36. The summed E-state index contributed by atoms with van der Waals surface area (Å²) in [5, 5.41) is 9.59. The van der Waals surface area contributed by atoms with Crippen molar-refractivity contribution in [1.29, 1.82) is 0 Å². The molecule has 1 spiro atoms. The van der Waals surface area contributed by atoms with Gasteiger partial charge in [-0.25, -0.2) is 0 Å². The van der Waals surface area contributed by atoms with Gasteiger partial charge in [0.25, 0.3) is 0 Å². The lowest BCUT2D eigenvalue weighted by Crippen LogP contribution is -2.55. The normalized spacial score (nSPS) is 23.5. The van der Waals surface area contributed by atoms with Gasteiger partial charge in [-0.2, -0.15) is 0 Å². The number of aromatic hydroxyl groups is 1. The molecule has 26 heavy (non-hydrogen) atoms. The van der Waals surface area contributed by atoms with Gasteiger partial charge in [-0.3, -0.25) is 9.59 Å². The van der Waals surface area contributed by atoms with Gasteiger partial charge in [-0.05, 0) is 37.0 Å². The smallest absolute Gasteiger partial charge is 0.227 e. The van der Waals surface area contributed by atoms with E-state index in [0.29, 0.717) is 39.1 Å². The molecule has 0 aliphatic carbocycles. The molecule has 142 valence electrons. The van der Waals surface area contributed by atoms with Crippen LogP contribution in [0.25, 0.3) is 0 Å². The van der Waals surface area contributed by atoms with Gasteiger partial charge >= 0.3 is 0 Å². The maximum Gasteiger partial charge on any atom is 0.227 e. The molecule has 0 saturated carbocycles. The van der Waals surface area contributed by atoms with E-state index in [-0.39, 0.29) is 23.0 Å². The van der Waals surface area contributed by atoms with Crippen LogP contribution in [0.3, 0.4) is 0 Å². The lowest BCUT2D eigenvalue weighted by molar-refractivity contribution is -0.143. The van der Waals surface area contributed by atoms with Gasteiger partial charge in [0.2, 0.25) is 11.8 Å². The number of carbonyl (C=O) groups excluding carboxylic acids is 2. The molecule has 2 aliphatic heterocycles. The molecule has 1 aromatic rings. The van der Waals surface area contributed by atoms with Crippen LogP contribution >= 0.6 is 0 Å². The first-order chi connectivity index (χ1) is 12.5. The van der Waals surface area contributed by atoms with Crippen LogP contribution in [-0.4, -0.2) is 66.6 Å². The second-order valence-corrected chi connectivity index (χ2v) is 7.57. The first-order valence-electron chi connectivity index (χ1n) is 9.34. The Hall–Kier alpha value is -2.08. The van der Waals surface area contributed by atoms with Crippen molar-refractivity contribution in [3.8, 4) is 5.75 Å². The van der Waals surface area contributed by atoms with E-state index in [9.17, 15) is 14.7 Å². The Morgan fingerprint density at radius 3 is 2.92 bits per heavy atom. The van der Waals surface area contributed by atoms with Crippen molar-refractivity contribution in [2.45, 2.75) is 32.1 Å². The Balaban J connectivity index is 1.64. The van der Waals surface area contributed by atoms with Gasteiger partial charge in [0, 0.05) is 45.1 Å². The lowest BCUT2D eigenvalue weighted by Gasteiger charge is -2.48. The number of carbonyl (C=O) groups is 2. The average molecular weight is 360 g/mol. The minimum Gasteiger partial charge on any atom is -0.508 e. The third-order valence-electron chi connectivity index (χ3n) is 5.59. The molecule has 1 atom stereocenters. The van der Waals surface area contributed by atoms with Gasteiger partial charge in [0.15, 0.2) is 0 Å². The second kappa shape index (κ2) is 8.08. The molecule has 2 saturated heterocycles. The fraction of sp³-hybridized carbons (Fsp3) is 0.600. The summed E-state index contributed by atoms with van der Waals surface area (Å²) in [6.45, 7) is 3.36. The predicted molar refractivity (Wildman–Crippen MR) is 97.7 cm³/mol. The number of hydrogen-bond acceptors (Lipinski definition) is 4. The summed E-state index contributed by atoms with van der Waals surface area (Å²) in [4.78, 5) is 28.8. The van der Waals surface area contributed by atoms with E-state index >= 15 is 0 Å². The van der Waals surface area contributed by atoms with Crippen molar-refractivity contribution in [3.63, 3.8) is 0 Å². The molecule has 0 bridgehead atoms. The second-order valence-electron chi connectivity index (χ2n) is 7.57.